The molecule has 0 fully saturated rings. The van der Waals surface area contributed by atoms with Crippen LogP contribution in [0.2, 0.25) is 5.02 Å². The third-order valence-electron chi connectivity index (χ3n) is 3.96. The van der Waals surface area contributed by atoms with Crippen LogP contribution in [0.5, 0.6) is 5.75 Å². The second-order valence-electron chi connectivity index (χ2n) is 6.67. The van der Waals surface area contributed by atoms with E-state index in [1.807, 2.05) is 6.92 Å². The molecule has 0 saturated carbocycles. The molecule has 2 rings (SSSR count). The molecule has 0 aliphatic heterocycles. The molecule has 0 radical (unpaired) electrons. The van der Waals surface area contributed by atoms with E-state index in [-0.39, 0.29) is 42.4 Å². The number of ether oxygens (including phenoxy) is 1. The lowest BCUT2D eigenvalue weighted by Gasteiger charge is -2.18. The Labute approximate surface area is 199 Å². The zero-order valence-corrected chi connectivity index (χ0v) is 20.9. The minimum atomic E-state index is -3.23. The Balaban J connectivity index is 0.00000450. The van der Waals surface area contributed by atoms with Crippen LogP contribution >= 0.6 is 35.6 Å². The maximum atomic E-state index is 13.6. The van der Waals surface area contributed by atoms with Crippen LogP contribution in [0.15, 0.2) is 47.5 Å². The smallest absolute Gasteiger partial charge is 0.191 e. The van der Waals surface area contributed by atoms with Gasteiger partial charge in [0.05, 0.1) is 12.3 Å². The van der Waals surface area contributed by atoms with Crippen molar-refractivity contribution in [2.75, 3.05) is 19.8 Å². The first kappa shape index (κ1) is 26.4. The predicted molar refractivity (Wildman–Crippen MR) is 130 cm³/mol. The summed E-state index contributed by atoms with van der Waals surface area (Å²) < 4.78 is 42.6. The van der Waals surface area contributed by atoms with Crippen LogP contribution in [-0.4, -0.2) is 40.3 Å². The number of nitrogens with one attached hydrogen (secondary N) is 2. The molecule has 0 spiro atoms. The number of rotatable bonds is 8. The lowest BCUT2D eigenvalue weighted by molar-refractivity contribution is 0.224. The van der Waals surface area contributed by atoms with Crippen molar-refractivity contribution in [3.8, 4) is 5.75 Å². The van der Waals surface area contributed by atoms with E-state index < -0.39 is 15.7 Å². The fourth-order valence-corrected chi connectivity index (χ4v) is 3.58. The maximum Gasteiger partial charge on any atom is 0.191 e. The van der Waals surface area contributed by atoms with Gasteiger partial charge in [0.2, 0.25) is 0 Å². The van der Waals surface area contributed by atoms with Gasteiger partial charge in [-0.15, -0.1) is 24.0 Å². The lowest BCUT2D eigenvalue weighted by atomic mass is 10.1. The summed E-state index contributed by atoms with van der Waals surface area (Å²) in [5, 5.41) is 6.84. The first-order valence-corrected chi connectivity index (χ1v) is 11.4. The molecular formula is C20H26ClFIN3O3S. The fraction of sp³-hybridized carbons (Fsp3) is 0.350. The second-order valence-corrected chi connectivity index (χ2v) is 9.25. The van der Waals surface area contributed by atoms with Crippen LogP contribution in [-0.2, 0) is 22.1 Å². The number of nitrogens with zero attached hydrogens (tertiary/aromatic N) is 1. The summed E-state index contributed by atoms with van der Waals surface area (Å²) in [6.07, 6.45) is 1.00. The second kappa shape index (κ2) is 12.3. The number of hydrogen-bond donors (Lipinski definition) is 2. The van der Waals surface area contributed by atoms with Crippen LogP contribution in [0.3, 0.4) is 0 Å². The van der Waals surface area contributed by atoms with Crippen LogP contribution in [0.1, 0.15) is 18.1 Å². The van der Waals surface area contributed by atoms with Crippen LogP contribution < -0.4 is 15.4 Å². The molecule has 0 aliphatic carbocycles. The van der Waals surface area contributed by atoms with Gasteiger partial charge in [-0.1, -0.05) is 17.7 Å². The molecular weight excluding hydrogens is 544 g/mol. The van der Waals surface area contributed by atoms with Gasteiger partial charge in [-0.25, -0.2) is 12.8 Å². The third-order valence-corrected chi connectivity index (χ3v) is 5.05. The summed E-state index contributed by atoms with van der Waals surface area (Å²) in [5.41, 5.74) is 1.11. The van der Waals surface area contributed by atoms with Gasteiger partial charge in [-0.05, 0) is 54.4 Å². The Morgan fingerprint density at radius 2 is 1.83 bits per heavy atom. The van der Waals surface area contributed by atoms with Crippen molar-refractivity contribution in [3.05, 3.63) is 64.4 Å². The average Bonchev–Trinajstić information content (AvgIpc) is 2.64. The van der Waals surface area contributed by atoms with E-state index in [2.05, 4.69) is 15.6 Å². The molecule has 0 amide bonds. The van der Waals surface area contributed by atoms with Gasteiger partial charge in [0.15, 0.2) is 15.8 Å². The number of sulfone groups is 1. The van der Waals surface area contributed by atoms with E-state index in [4.69, 9.17) is 16.3 Å². The summed E-state index contributed by atoms with van der Waals surface area (Å²) in [4.78, 5) is 4.13. The molecule has 2 N–H and O–H groups in total. The molecule has 10 heteroatoms. The van der Waals surface area contributed by atoms with Crippen LogP contribution in [0.25, 0.3) is 0 Å². The molecule has 2 aromatic rings. The normalized spacial score (nSPS) is 12.6. The van der Waals surface area contributed by atoms with Crippen molar-refractivity contribution < 1.29 is 17.5 Å². The molecule has 1 atom stereocenters. The molecule has 1 unspecified atom stereocenters. The van der Waals surface area contributed by atoms with Crippen molar-refractivity contribution in [1.82, 2.24) is 10.6 Å². The van der Waals surface area contributed by atoms with E-state index >= 15 is 0 Å². The summed E-state index contributed by atoms with van der Waals surface area (Å²) in [5.74, 6) is 0.623. The van der Waals surface area contributed by atoms with Crippen LogP contribution in [0, 0.1) is 5.82 Å². The summed E-state index contributed by atoms with van der Waals surface area (Å²) in [6.45, 7) is 2.61. The van der Waals surface area contributed by atoms with E-state index in [0.29, 0.717) is 34.4 Å². The van der Waals surface area contributed by atoms with Gasteiger partial charge in [0, 0.05) is 24.9 Å². The Hall–Kier alpha value is -1.59. The Kier molecular flexibility index (Phi) is 10.9. The average molecular weight is 570 g/mol. The molecule has 0 aromatic heterocycles. The van der Waals surface area contributed by atoms with Gasteiger partial charge in [-0.3, -0.25) is 4.99 Å². The number of guanidine groups is 1. The Bertz CT molecular complexity index is 956. The summed E-state index contributed by atoms with van der Waals surface area (Å²) in [6, 6.07) is 11.2. The monoisotopic (exact) mass is 569 g/mol. The van der Waals surface area contributed by atoms with Crippen molar-refractivity contribution in [2.24, 2.45) is 4.99 Å². The standard InChI is InChI=1S/C20H25ClFN3O3S.HI/c1-14(28-19-8-5-17(21)6-9-19)11-24-20(23-2)25-12-16-10-18(22)7-4-15(16)13-29(3,26)27;/h4-10,14H,11-13H2,1-3H3,(H2,23,24,25);1H. The molecule has 0 heterocycles. The van der Waals surface area contributed by atoms with Gasteiger partial charge in [0.1, 0.15) is 17.7 Å². The third kappa shape index (κ3) is 9.48. The minimum absolute atomic E-state index is 0. The Morgan fingerprint density at radius 3 is 2.43 bits per heavy atom. The molecule has 166 valence electrons. The SMILES string of the molecule is CN=C(NCc1cc(F)ccc1CS(C)(=O)=O)NCC(C)Oc1ccc(Cl)cc1.I. The van der Waals surface area contributed by atoms with Crippen molar-refractivity contribution in [2.45, 2.75) is 25.3 Å². The van der Waals surface area contributed by atoms with Crippen molar-refractivity contribution in [3.63, 3.8) is 0 Å². The summed E-state index contributed by atoms with van der Waals surface area (Å²) >= 11 is 5.86. The van der Waals surface area contributed by atoms with E-state index in [0.717, 1.165) is 6.26 Å². The summed E-state index contributed by atoms with van der Waals surface area (Å²) in [7, 11) is -1.62. The number of halogens is 3. The lowest BCUT2D eigenvalue weighted by Crippen LogP contribution is -2.41. The number of hydrogen-bond acceptors (Lipinski definition) is 4. The largest absolute Gasteiger partial charge is 0.489 e. The van der Waals surface area contributed by atoms with E-state index in [1.165, 1.54) is 18.2 Å². The predicted octanol–water partition coefficient (Wildman–Crippen LogP) is 3.77. The zero-order chi connectivity index (χ0) is 21.4. The maximum absolute atomic E-state index is 13.6. The Morgan fingerprint density at radius 1 is 1.17 bits per heavy atom. The van der Waals surface area contributed by atoms with Crippen molar-refractivity contribution >= 4 is 51.4 Å². The minimum Gasteiger partial charge on any atom is -0.489 e. The molecule has 2 aromatic carbocycles. The zero-order valence-electron chi connectivity index (χ0n) is 17.0. The quantitative estimate of drug-likeness (QED) is 0.287. The highest BCUT2D eigenvalue weighted by Gasteiger charge is 2.12. The van der Waals surface area contributed by atoms with Gasteiger partial charge < -0.3 is 15.4 Å². The molecule has 0 aliphatic rings. The van der Waals surface area contributed by atoms with Gasteiger partial charge in [-0.2, -0.15) is 0 Å². The van der Waals surface area contributed by atoms with E-state index in [1.54, 1.807) is 31.3 Å². The van der Waals surface area contributed by atoms with Gasteiger partial charge >= 0.3 is 0 Å². The fourth-order valence-electron chi connectivity index (χ4n) is 2.61. The highest BCUT2D eigenvalue weighted by molar-refractivity contribution is 14.0. The highest BCUT2D eigenvalue weighted by Crippen LogP contribution is 2.17. The first-order valence-electron chi connectivity index (χ1n) is 8.98. The number of aliphatic imine (C=N–C) groups is 1. The topological polar surface area (TPSA) is 79.8 Å². The van der Waals surface area contributed by atoms with Crippen molar-refractivity contribution in [1.29, 1.82) is 0 Å². The molecule has 30 heavy (non-hydrogen) atoms. The molecule has 0 bridgehead atoms. The van der Waals surface area contributed by atoms with E-state index in [9.17, 15) is 12.8 Å². The number of benzene rings is 2. The molecule has 0 saturated heterocycles. The highest BCUT2D eigenvalue weighted by atomic mass is 127. The molecule has 6 nitrogen and oxygen atoms in total. The first-order chi connectivity index (χ1) is 13.7. The van der Waals surface area contributed by atoms with Gasteiger partial charge in [0.25, 0.3) is 0 Å². The van der Waals surface area contributed by atoms with Crippen LogP contribution in [0.4, 0.5) is 4.39 Å².